The number of nitrogens with two attached hydrogens (primary N) is 1. The zero-order chi connectivity index (χ0) is 9.64. The number of benzene rings is 1. The Hall–Kier alpha value is -0.480. The quantitative estimate of drug-likeness (QED) is 0.759. The van der Waals surface area contributed by atoms with Crippen molar-refractivity contribution < 1.29 is 8.78 Å². The van der Waals surface area contributed by atoms with Gasteiger partial charge < -0.3 is 5.73 Å². The van der Waals surface area contributed by atoms with Crippen molar-refractivity contribution in [1.82, 2.24) is 0 Å². The highest BCUT2D eigenvalue weighted by molar-refractivity contribution is 9.10. The van der Waals surface area contributed by atoms with E-state index in [0.717, 1.165) is 18.9 Å². The molecule has 13 heavy (non-hydrogen) atoms. The van der Waals surface area contributed by atoms with Crippen LogP contribution in [0.1, 0.15) is 18.4 Å². The molecule has 1 aromatic rings. The Kier molecular flexibility index (Phi) is 1.92. The lowest BCUT2D eigenvalue weighted by atomic mass is 10.1. The van der Waals surface area contributed by atoms with Gasteiger partial charge in [0.2, 0.25) is 0 Å². The molecular weight excluding hydrogens is 240 g/mol. The maximum Gasteiger partial charge on any atom is 0.163 e. The Morgan fingerprint density at radius 1 is 1.31 bits per heavy atom. The van der Waals surface area contributed by atoms with Crippen molar-refractivity contribution in [1.29, 1.82) is 0 Å². The van der Waals surface area contributed by atoms with Crippen LogP contribution in [-0.4, -0.2) is 0 Å². The second kappa shape index (κ2) is 2.75. The third kappa shape index (κ3) is 1.48. The van der Waals surface area contributed by atoms with Crippen LogP contribution in [0.3, 0.4) is 0 Å². The molecule has 2 N–H and O–H groups in total. The number of halogens is 3. The van der Waals surface area contributed by atoms with Crippen molar-refractivity contribution in [2.75, 3.05) is 0 Å². The first-order chi connectivity index (χ1) is 6.03. The van der Waals surface area contributed by atoms with Gasteiger partial charge in [0.05, 0.1) is 0 Å². The molecule has 0 saturated heterocycles. The zero-order valence-electron chi connectivity index (χ0n) is 6.78. The van der Waals surface area contributed by atoms with Crippen molar-refractivity contribution in [3.05, 3.63) is 33.8 Å². The first-order valence-electron chi connectivity index (χ1n) is 3.97. The van der Waals surface area contributed by atoms with Gasteiger partial charge in [-0.2, -0.15) is 0 Å². The average molecular weight is 248 g/mol. The topological polar surface area (TPSA) is 26.0 Å². The van der Waals surface area contributed by atoms with E-state index in [0.29, 0.717) is 4.47 Å². The van der Waals surface area contributed by atoms with Crippen LogP contribution < -0.4 is 5.73 Å². The SMILES string of the molecule is NC1(c2cc(Br)cc(F)c2F)CC1. The maximum absolute atomic E-state index is 13.2. The molecule has 1 fully saturated rings. The average Bonchev–Trinajstić information content (AvgIpc) is 2.77. The zero-order valence-corrected chi connectivity index (χ0v) is 8.37. The highest BCUT2D eigenvalue weighted by Crippen LogP contribution is 2.44. The van der Waals surface area contributed by atoms with E-state index in [-0.39, 0.29) is 5.56 Å². The molecule has 1 aliphatic carbocycles. The molecule has 1 saturated carbocycles. The van der Waals surface area contributed by atoms with E-state index < -0.39 is 17.2 Å². The Morgan fingerprint density at radius 3 is 2.46 bits per heavy atom. The van der Waals surface area contributed by atoms with Gasteiger partial charge in [0.25, 0.3) is 0 Å². The fourth-order valence-corrected chi connectivity index (χ4v) is 1.75. The summed E-state index contributed by atoms with van der Waals surface area (Å²) in [6, 6.07) is 2.65. The lowest BCUT2D eigenvalue weighted by molar-refractivity contribution is 0.485. The van der Waals surface area contributed by atoms with Crippen molar-refractivity contribution in [3.8, 4) is 0 Å². The highest BCUT2D eigenvalue weighted by Gasteiger charge is 2.42. The number of hydrogen-bond donors (Lipinski definition) is 1. The second-order valence-electron chi connectivity index (χ2n) is 3.41. The van der Waals surface area contributed by atoms with Gasteiger partial charge in [-0.1, -0.05) is 15.9 Å². The minimum absolute atomic E-state index is 0.277. The largest absolute Gasteiger partial charge is 0.321 e. The smallest absolute Gasteiger partial charge is 0.163 e. The van der Waals surface area contributed by atoms with Crippen LogP contribution in [0.4, 0.5) is 8.78 Å². The summed E-state index contributed by atoms with van der Waals surface area (Å²) in [6.45, 7) is 0. The lowest BCUT2D eigenvalue weighted by Crippen LogP contribution is -2.21. The third-order valence-corrected chi connectivity index (χ3v) is 2.78. The Morgan fingerprint density at radius 2 is 1.92 bits per heavy atom. The van der Waals surface area contributed by atoms with Crippen LogP contribution in [0.15, 0.2) is 16.6 Å². The molecule has 0 aromatic heterocycles. The molecule has 0 unspecified atom stereocenters. The van der Waals surface area contributed by atoms with Gasteiger partial charge in [0.15, 0.2) is 11.6 Å². The van der Waals surface area contributed by atoms with Gasteiger partial charge >= 0.3 is 0 Å². The van der Waals surface area contributed by atoms with Crippen molar-refractivity contribution in [3.63, 3.8) is 0 Å². The van der Waals surface area contributed by atoms with Crippen LogP contribution in [0.2, 0.25) is 0 Å². The standard InChI is InChI=1S/C9H8BrF2N/c10-5-3-6(9(13)1-2-9)8(12)7(11)4-5/h3-4H,1-2,13H2. The van der Waals surface area contributed by atoms with E-state index in [2.05, 4.69) is 15.9 Å². The number of hydrogen-bond acceptors (Lipinski definition) is 1. The van der Waals surface area contributed by atoms with Crippen LogP contribution in [-0.2, 0) is 5.54 Å². The predicted octanol–water partition coefficient (Wildman–Crippen LogP) is 2.68. The molecule has 4 heteroatoms. The Labute approximate surface area is 83.1 Å². The van der Waals surface area contributed by atoms with Crippen LogP contribution >= 0.6 is 15.9 Å². The Balaban J connectivity index is 2.56. The molecule has 0 heterocycles. The summed E-state index contributed by atoms with van der Waals surface area (Å²) in [6.07, 6.45) is 1.44. The molecule has 2 rings (SSSR count). The molecule has 1 aromatic carbocycles. The lowest BCUT2D eigenvalue weighted by Gasteiger charge is -2.11. The summed E-state index contributed by atoms with van der Waals surface area (Å²) in [5, 5.41) is 0. The number of rotatable bonds is 1. The van der Waals surface area contributed by atoms with Crippen molar-refractivity contribution in [2.45, 2.75) is 18.4 Å². The van der Waals surface area contributed by atoms with E-state index in [1.54, 1.807) is 6.07 Å². The summed E-state index contributed by atoms with van der Waals surface area (Å²) < 4.78 is 26.7. The summed E-state index contributed by atoms with van der Waals surface area (Å²) in [7, 11) is 0. The van der Waals surface area contributed by atoms with E-state index in [4.69, 9.17) is 5.73 Å². The molecule has 70 valence electrons. The van der Waals surface area contributed by atoms with Gasteiger partial charge in [-0.05, 0) is 25.0 Å². The van der Waals surface area contributed by atoms with Gasteiger partial charge in [0.1, 0.15) is 0 Å². The first-order valence-corrected chi connectivity index (χ1v) is 4.76. The minimum Gasteiger partial charge on any atom is -0.321 e. The molecule has 0 atom stereocenters. The normalized spacial score (nSPS) is 18.8. The van der Waals surface area contributed by atoms with Crippen LogP contribution in [0.5, 0.6) is 0 Å². The van der Waals surface area contributed by atoms with Crippen LogP contribution in [0, 0.1) is 11.6 Å². The minimum atomic E-state index is -0.846. The predicted molar refractivity (Wildman–Crippen MR) is 49.2 cm³/mol. The molecule has 0 amide bonds. The summed E-state index contributed by atoms with van der Waals surface area (Å²) in [5.74, 6) is -1.66. The fraction of sp³-hybridized carbons (Fsp3) is 0.333. The highest BCUT2D eigenvalue weighted by atomic mass is 79.9. The van der Waals surface area contributed by atoms with Crippen molar-refractivity contribution in [2.24, 2.45) is 5.73 Å². The molecule has 0 radical (unpaired) electrons. The monoisotopic (exact) mass is 247 g/mol. The molecule has 0 aliphatic heterocycles. The van der Waals surface area contributed by atoms with E-state index >= 15 is 0 Å². The second-order valence-corrected chi connectivity index (χ2v) is 4.32. The van der Waals surface area contributed by atoms with E-state index in [1.807, 2.05) is 0 Å². The van der Waals surface area contributed by atoms with Crippen molar-refractivity contribution >= 4 is 15.9 Å². The molecular formula is C9H8BrF2N. The van der Waals surface area contributed by atoms with Crippen LogP contribution in [0.25, 0.3) is 0 Å². The maximum atomic E-state index is 13.2. The van der Waals surface area contributed by atoms with E-state index in [9.17, 15) is 8.78 Å². The molecule has 1 nitrogen and oxygen atoms in total. The molecule has 0 spiro atoms. The third-order valence-electron chi connectivity index (χ3n) is 2.32. The molecule has 0 bridgehead atoms. The summed E-state index contributed by atoms with van der Waals surface area (Å²) in [4.78, 5) is 0. The summed E-state index contributed by atoms with van der Waals surface area (Å²) >= 11 is 3.11. The van der Waals surface area contributed by atoms with Gasteiger partial charge in [-0.15, -0.1) is 0 Å². The first kappa shape index (κ1) is 9.09. The molecule has 1 aliphatic rings. The van der Waals surface area contributed by atoms with E-state index in [1.165, 1.54) is 0 Å². The van der Waals surface area contributed by atoms with Gasteiger partial charge in [-0.3, -0.25) is 0 Å². The van der Waals surface area contributed by atoms with Gasteiger partial charge in [0, 0.05) is 15.6 Å². The Bertz CT molecular complexity index is 361. The van der Waals surface area contributed by atoms with Gasteiger partial charge in [-0.25, -0.2) is 8.78 Å². The fourth-order valence-electron chi connectivity index (χ4n) is 1.32. The summed E-state index contributed by atoms with van der Waals surface area (Å²) in [5.41, 5.74) is 5.43.